The quantitative estimate of drug-likeness (QED) is 0.0587. The minimum absolute atomic E-state index is 0.179. The molecule has 0 radical (unpaired) electrons. The fraction of sp³-hybridized carbons (Fsp3) is 0.222. The average Bonchev–Trinajstić information content (AvgIpc) is 3.37. The predicted octanol–water partition coefficient (Wildman–Crippen LogP) is 9.24. The Morgan fingerprint density at radius 3 is 1.36 bits per heavy atom. The number of benzene rings is 6. The van der Waals surface area contributed by atoms with Gasteiger partial charge in [-0.3, -0.25) is 4.79 Å². The van der Waals surface area contributed by atoms with Crippen LogP contribution in [-0.2, 0) is 35.6 Å². The van der Waals surface area contributed by atoms with Crippen molar-refractivity contribution in [2.75, 3.05) is 55.7 Å². The Labute approximate surface area is 393 Å². The lowest BCUT2D eigenvalue weighted by atomic mass is 10.1. The highest BCUT2D eigenvalue weighted by atomic mass is 16.5. The van der Waals surface area contributed by atoms with Gasteiger partial charge in [0.25, 0.3) is 0 Å². The van der Waals surface area contributed by atoms with E-state index in [1.165, 1.54) is 19.3 Å². The molecule has 0 aromatic heterocycles. The zero-order valence-electron chi connectivity index (χ0n) is 38.9. The SMILES string of the molecule is COc1ccc(/C=C/C(=O)NCCc2ccc(OC)c(OCc3ccccc3)c2)c(OC)c1.COc1ccc(/C=C/C(=O)O)c(OC)c1.COc1ccc(CCN)cc1OCc1ccccc1. The lowest BCUT2D eigenvalue weighted by Crippen LogP contribution is -2.23. The first-order valence-electron chi connectivity index (χ1n) is 21.3. The van der Waals surface area contributed by atoms with Crippen molar-refractivity contribution in [1.29, 1.82) is 0 Å². The van der Waals surface area contributed by atoms with Gasteiger partial charge in [-0.25, -0.2) is 4.79 Å². The molecule has 6 aromatic rings. The van der Waals surface area contributed by atoms with Crippen molar-refractivity contribution in [3.63, 3.8) is 0 Å². The Morgan fingerprint density at radius 1 is 0.493 bits per heavy atom. The number of ether oxygens (including phenoxy) is 8. The molecular formula is C54H60N2O11. The van der Waals surface area contributed by atoms with E-state index in [0.717, 1.165) is 51.8 Å². The molecule has 0 heterocycles. The summed E-state index contributed by atoms with van der Waals surface area (Å²) in [4.78, 5) is 22.6. The van der Waals surface area contributed by atoms with E-state index in [1.54, 1.807) is 65.9 Å². The normalized spacial score (nSPS) is 10.4. The number of amides is 1. The monoisotopic (exact) mass is 912 g/mol. The Balaban J connectivity index is 0.000000243. The van der Waals surface area contributed by atoms with Crippen molar-refractivity contribution in [2.45, 2.75) is 26.1 Å². The number of aliphatic carboxylic acids is 1. The summed E-state index contributed by atoms with van der Waals surface area (Å²) in [6.45, 7) is 2.11. The fourth-order valence-electron chi connectivity index (χ4n) is 6.24. The summed E-state index contributed by atoms with van der Waals surface area (Å²) in [7, 11) is 9.52. The summed E-state index contributed by atoms with van der Waals surface area (Å²) in [6.07, 6.45) is 7.25. The number of carboxylic acids is 1. The van der Waals surface area contributed by atoms with E-state index in [2.05, 4.69) is 5.32 Å². The number of carbonyl (C=O) groups excluding carboxylic acids is 1. The Morgan fingerprint density at radius 2 is 0.940 bits per heavy atom. The minimum Gasteiger partial charge on any atom is -0.497 e. The van der Waals surface area contributed by atoms with E-state index in [0.29, 0.717) is 72.8 Å². The maximum absolute atomic E-state index is 12.2. The second kappa shape index (κ2) is 28.8. The van der Waals surface area contributed by atoms with Gasteiger partial charge in [-0.1, -0.05) is 72.8 Å². The molecular weight excluding hydrogens is 853 g/mol. The average molecular weight is 913 g/mol. The Kier molecular flexibility index (Phi) is 22.2. The summed E-state index contributed by atoms with van der Waals surface area (Å²) in [5.74, 6) is 4.27. The molecule has 0 bridgehead atoms. The molecule has 6 aromatic carbocycles. The summed E-state index contributed by atoms with van der Waals surface area (Å²) in [5, 5.41) is 11.4. The molecule has 0 saturated carbocycles. The molecule has 0 atom stereocenters. The number of nitrogens with two attached hydrogens (primary N) is 1. The summed E-state index contributed by atoms with van der Waals surface area (Å²) in [5.41, 5.74) is 11.5. The zero-order valence-corrected chi connectivity index (χ0v) is 38.9. The Bertz CT molecular complexity index is 2490. The molecule has 13 heteroatoms. The number of rotatable bonds is 21. The van der Waals surface area contributed by atoms with Crippen LogP contribution in [0.1, 0.15) is 33.4 Å². The minimum atomic E-state index is -0.993. The highest BCUT2D eigenvalue weighted by molar-refractivity contribution is 5.92. The van der Waals surface area contributed by atoms with Gasteiger partial charge in [0, 0.05) is 42.0 Å². The van der Waals surface area contributed by atoms with E-state index >= 15 is 0 Å². The Hall–Kier alpha value is -7.90. The summed E-state index contributed by atoms with van der Waals surface area (Å²) in [6, 6.07) is 42.4. The van der Waals surface area contributed by atoms with Crippen LogP contribution in [0.2, 0.25) is 0 Å². The lowest BCUT2D eigenvalue weighted by Gasteiger charge is -2.13. The van der Waals surface area contributed by atoms with E-state index in [-0.39, 0.29) is 5.91 Å². The standard InChI is InChI=1S/C27H29NO5.C16H19NO2.C11H12O4/c1-30-23-12-10-22(25(18-23)32-3)11-14-27(29)28-16-15-20-9-13-24(31-2)26(17-20)33-19-21-7-5-4-6-8-21;1-18-15-8-7-13(9-10-17)11-16(15)19-12-14-5-3-2-4-6-14;1-14-9-5-3-8(4-6-11(12)13)10(7-9)15-2/h4-14,17-18H,15-16,19H2,1-3H3,(H,28,29);2-8,11H,9-10,12,17H2,1H3;3-7H,1-2H3,(H,12,13)/b14-11+;;6-4+. The van der Waals surface area contributed by atoms with Gasteiger partial charge >= 0.3 is 5.97 Å². The van der Waals surface area contributed by atoms with Crippen LogP contribution in [0.25, 0.3) is 12.2 Å². The van der Waals surface area contributed by atoms with Gasteiger partial charge in [-0.05, 0) is 102 Å². The van der Waals surface area contributed by atoms with Crippen LogP contribution in [0.5, 0.6) is 46.0 Å². The van der Waals surface area contributed by atoms with Crippen molar-refractivity contribution in [1.82, 2.24) is 5.32 Å². The highest BCUT2D eigenvalue weighted by Crippen LogP contribution is 2.31. The van der Waals surface area contributed by atoms with Crippen LogP contribution >= 0.6 is 0 Å². The van der Waals surface area contributed by atoms with Crippen molar-refractivity contribution in [3.05, 3.63) is 179 Å². The largest absolute Gasteiger partial charge is 0.497 e. The van der Waals surface area contributed by atoms with Gasteiger partial charge in [0.2, 0.25) is 5.91 Å². The van der Waals surface area contributed by atoms with E-state index < -0.39 is 5.97 Å². The van der Waals surface area contributed by atoms with Gasteiger partial charge in [0.15, 0.2) is 23.0 Å². The van der Waals surface area contributed by atoms with E-state index in [1.807, 2.05) is 109 Å². The van der Waals surface area contributed by atoms with Gasteiger partial charge in [-0.2, -0.15) is 0 Å². The van der Waals surface area contributed by atoms with Crippen LogP contribution in [0, 0.1) is 0 Å². The summed E-state index contributed by atoms with van der Waals surface area (Å²) < 4.78 is 43.2. The molecule has 67 heavy (non-hydrogen) atoms. The number of carboxylic acid groups (broad SMARTS) is 1. The van der Waals surface area contributed by atoms with Crippen LogP contribution in [-0.4, -0.2) is 72.7 Å². The molecule has 1 amide bonds. The number of hydrogen-bond acceptors (Lipinski definition) is 11. The number of carbonyl (C=O) groups is 2. The van der Waals surface area contributed by atoms with Crippen LogP contribution in [0.4, 0.5) is 0 Å². The van der Waals surface area contributed by atoms with Gasteiger partial charge in [0.05, 0.1) is 42.7 Å². The fourth-order valence-corrected chi connectivity index (χ4v) is 6.24. The van der Waals surface area contributed by atoms with Gasteiger partial charge in [-0.15, -0.1) is 0 Å². The van der Waals surface area contributed by atoms with Crippen LogP contribution in [0.15, 0.2) is 146 Å². The smallest absolute Gasteiger partial charge is 0.328 e. The first-order valence-corrected chi connectivity index (χ1v) is 21.3. The molecule has 0 fully saturated rings. The molecule has 6 rings (SSSR count). The van der Waals surface area contributed by atoms with Crippen molar-refractivity contribution < 1.29 is 52.6 Å². The third-order valence-electron chi connectivity index (χ3n) is 9.78. The van der Waals surface area contributed by atoms with E-state index in [4.69, 9.17) is 48.7 Å². The number of nitrogens with one attached hydrogen (secondary N) is 1. The molecule has 0 unspecified atom stereocenters. The molecule has 4 N–H and O–H groups in total. The van der Waals surface area contributed by atoms with Gasteiger partial charge < -0.3 is 54.1 Å². The van der Waals surface area contributed by atoms with Crippen molar-refractivity contribution >= 4 is 24.0 Å². The second-order valence-corrected chi connectivity index (χ2v) is 14.3. The van der Waals surface area contributed by atoms with Crippen LogP contribution < -0.4 is 48.9 Å². The summed E-state index contributed by atoms with van der Waals surface area (Å²) >= 11 is 0. The molecule has 0 aliphatic heterocycles. The molecule has 13 nitrogen and oxygen atoms in total. The lowest BCUT2D eigenvalue weighted by molar-refractivity contribution is -0.131. The third kappa shape index (κ3) is 17.9. The van der Waals surface area contributed by atoms with E-state index in [9.17, 15) is 9.59 Å². The highest BCUT2D eigenvalue weighted by Gasteiger charge is 2.09. The molecule has 0 saturated heterocycles. The topological polar surface area (TPSA) is 166 Å². The maximum atomic E-state index is 12.2. The first kappa shape index (κ1) is 51.7. The van der Waals surface area contributed by atoms with Gasteiger partial charge in [0.1, 0.15) is 36.2 Å². The molecule has 0 aliphatic rings. The number of methoxy groups -OCH3 is 6. The molecule has 0 spiro atoms. The van der Waals surface area contributed by atoms with Crippen molar-refractivity contribution in [3.8, 4) is 46.0 Å². The third-order valence-corrected chi connectivity index (χ3v) is 9.78. The molecule has 0 aliphatic carbocycles. The maximum Gasteiger partial charge on any atom is 0.328 e. The van der Waals surface area contributed by atoms with Crippen LogP contribution in [0.3, 0.4) is 0 Å². The zero-order chi connectivity index (χ0) is 48.2. The predicted molar refractivity (Wildman–Crippen MR) is 262 cm³/mol. The first-order chi connectivity index (χ1) is 32.6. The second-order valence-electron chi connectivity index (χ2n) is 14.3. The van der Waals surface area contributed by atoms with Crippen molar-refractivity contribution in [2.24, 2.45) is 5.73 Å². The molecule has 352 valence electrons. The number of hydrogen-bond donors (Lipinski definition) is 3.